The Morgan fingerprint density at radius 2 is 2.17 bits per heavy atom. The first kappa shape index (κ1) is 16.4. The third-order valence-electron chi connectivity index (χ3n) is 4.43. The van der Waals surface area contributed by atoms with Gasteiger partial charge in [-0.25, -0.2) is 0 Å². The predicted molar refractivity (Wildman–Crippen MR) is 88.8 cm³/mol. The molecule has 1 aliphatic rings. The lowest BCUT2D eigenvalue weighted by atomic mass is 10.1. The van der Waals surface area contributed by atoms with Crippen molar-refractivity contribution < 1.29 is 9.53 Å². The first-order valence-electron chi connectivity index (χ1n) is 8.28. The number of ether oxygens (including phenoxy) is 1. The fourth-order valence-corrected chi connectivity index (χ4v) is 3.00. The molecule has 0 radical (unpaired) electrons. The molecule has 0 bridgehead atoms. The predicted octanol–water partition coefficient (Wildman–Crippen LogP) is 1.74. The molecule has 7 nitrogen and oxygen atoms in total. The van der Waals surface area contributed by atoms with Gasteiger partial charge in [0.1, 0.15) is 6.10 Å². The summed E-state index contributed by atoms with van der Waals surface area (Å²) in [6.45, 7) is 7.17. The molecule has 128 valence electrons. The lowest BCUT2D eigenvalue weighted by Gasteiger charge is -2.17. The molecule has 3 heterocycles. The molecule has 1 aliphatic heterocycles. The van der Waals surface area contributed by atoms with Crippen molar-refractivity contribution in [1.82, 2.24) is 25.3 Å². The molecule has 1 fully saturated rings. The minimum absolute atomic E-state index is 0.0108. The fraction of sp³-hybridized carbons (Fsp3) is 0.529. The van der Waals surface area contributed by atoms with Gasteiger partial charge in [0.15, 0.2) is 0 Å². The molecule has 0 saturated carbocycles. The Labute approximate surface area is 141 Å². The molecule has 2 aromatic heterocycles. The van der Waals surface area contributed by atoms with Crippen LogP contribution in [0.2, 0.25) is 0 Å². The Morgan fingerprint density at radius 3 is 2.83 bits per heavy atom. The number of aromatic amines is 1. The molecule has 24 heavy (non-hydrogen) atoms. The van der Waals surface area contributed by atoms with Crippen LogP contribution in [0.25, 0.3) is 0 Å². The number of rotatable bonds is 5. The fourth-order valence-electron chi connectivity index (χ4n) is 3.00. The van der Waals surface area contributed by atoms with Gasteiger partial charge in [0.05, 0.1) is 17.9 Å². The van der Waals surface area contributed by atoms with E-state index in [2.05, 4.69) is 20.4 Å². The molecular formula is C17H23N5O2. The summed E-state index contributed by atoms with van der Waals surface area (Å²) >= 11 is 0. The summed E-state index contributed by atoms with van der Waals surface area (Å²) < 4.78 is 5.82. The number of likely N-dealkylation sites (tertiary alicyclic amines) is 1. The standard InChI is InChI=1S/C17H23N5O2/c1-11-4-6-16(21-18-11)24-14-8-9-22(10-14)17(23)7-5-15-12(2)19-20-13(15)3/h4,6,14H,5,7-10H2,1-3H3,(H,19,20). The zero-order chi connectivity index (χ0) is 17.1. The van der Waals surface area contributed by atoms with Gasteiger partial charge < -0.3 is 9.64 Å². The van der Waals surface area contributed by atoms with Gasteiger partial charge in [-0.15, -0.1) is 5.10 Å². The van der Waals surface area contributed by atoms with E-state index in [9.17, 15) is 4.79 Å². The molecule has 1 atom stereocenters. The van der Waals surface area contributed by atoms with E-state index < -0.39 is 0 Å². The van der Waals surface area contributed by atoms with Gasteiger partial charge in [-0.3, -0.25) is 9.89 Å². The van der Waals surface area contributed by atoms with Crippen LogP contribution in [0.15, 0.2) is 12.1 Å². The van der Waals surface area contributed by atoms with Crippen LogP contribution in [-0.4, -0.2) is 50.4 Å². The van der Waals surface area contributed by atoms with Crippen molar-refractivity contribution in [3.05, 3.63) is 34.8 Å². The molecule has 0 aliphatic carbocycles. The normalized spacial score (nSPS) is 17.3. The number of hydrogen-bond acceptors (Lipinski definition) is 5. The Hall–Kier alpha value is -2.44. The highest BCUT2D eigenvalue weighted by molar-refractivity contribution is 5.76. The molecule has 1 N–H and O–H groups in total. The number of nitrogens with zero attached hydrogens (tertiary/aromatic N) is 4. The van der Waals surface area contributed by atoms with Crippen molar-refractivity contribution in [2.45, 2.75) is 46.1 Å². The van der Waals surface area contributed by atoms with Crippen LogP contribution in [-0.2, 0) is 11.2 Å². The molecule has 1 amide bonds. The second-order valence-corrected chi connectivity index (χ2v) is 6.29. The lowest BCUT2D eigenvalue weighted by Crippen LogP contribution is -2.31. The second-order valence-electron chi connectivity index (χ2n) is 6.29. The molecule has 0 aromatic carbocycles. The van der Waals surface area contributed by atoms with Gasteiger partial charge in [0.25, 0.3) is 0 Å². The van der Waals surface area contributed by atoms with E-state index in [1.807, 2.05) is 37.8 Å². The highest BCUT2D eigenvalue weighted by atomic mass is 16.5. The Kier molecular flexibility index (Phi) is 4.78. The van der Waals surface area contributed by atoms with Crippen LogP contribution in [0.4, 0.5) is 0 Å². The summed E-state index contributed by atoms with van der Waals surface area (Å²) in [5.74, 6) is 0.681. The van der Waals surface area contributed by atoms with E-state index in [0.29, 0.717) is 18.8 Å². The van der Waals surface area contributed by atoms with Crippen LogP contribution in [0, 0.1) is 20.8 Å². The van der Waals surface area contributed by atoms with E-state index in [0.717, 1.165) is 42.0 Å². The molecule has 2 aromatic rings. The molecule has 0 spiro atoms. The van der Waals surface area contributed by atoms with E-state index in [4.69, 9.17) is 4.74 Å². The van der Waals surface area contributed by atoms with E-state index in [-0.39, 0.29) is 12.0 Å². The summed E-state index contributed by atoms with van der Waals surface area (Å²) in [5.41, 5.74) is 4.02. The van der Waals surface area contributed by atoms with Gasteiger partial charge in [0, 0.05) is 31.1 Å². The van der Waals surface area contributed by atoms with E-state index in [1.165, 1.54) is 0 Å². The summed E-state index contributed by atoms with van der Waals surface area (Å²) in [6.07, 6.45) is 2.03. The van der Waals surface area contributed by atoms with Gasteiger partial charge >= 0.3 is 0 Å². The minimum Gasteiger partial charge on any atom is -0.471 e. The van der Waals surface area contributed by atoms with Crippen LogP contribution in [0.1, 0.15) is 35.5 Å². The molecule has 1 unspecified atom stereocenters. The molecule has 3 rings (SSSR count). The third-order valence-corrected chi connectivity index (χ3v) is 4.43. The summed E-state index contributed by atoms with van der Waals surface area (Å²) in [6, 6.07) is 3.69. The maximum Gasteiger partial charge on any atom is 0.233 e. The van der Waals surface area contributed by atoms with Gasteiger partial charge in [-0.1, -0.05) is 0 Å². The van der Waals surface area contributed by atoms with Gasteiger partial charge in [-0.2, -0.15) is 10.2 Å². The molecular weight excluding hydrogens is 306 g/mol. The van der Waals surface area contributed by atoms with Crippen molar-refractivity contribution in [2.24, 2.45) is 0 Å². The van der Waals surface area contributed by atoms with Crippen molar-refractivity contribution in [3.63, 3.8) is 0 Å². The maximum atomic E-state index is 12.4. The quantitative estimate of drug-likeness (QED) is 0.903. The van der Waals surface area contributed by atoms with Gasteiger partial charge in [-0.05, 0) is 38.8 Å². The first-order valence-corrected chi connectivity index (χ1v) is 8.28. The number of carbonyl (C=O) groups excluding carboxylic acids is 1. The maximum absolute atomic E-state index is 12.4. The SMILES string of the molecule is Cc1ccc(OC2CCN(C(=O)CCc3c(C)n[nH]c3C)C2)nn1. The van der Waals surface area contributed by atoms with Crippen molar-refractivity contribution in [3.8, 4) is 5.88 Å². The molecule has 1 saturated heterocycles. The number of hydrogen-bond donors (Lipinski definition) is 1. The average molecular weight is 329 g/mol. The minimum atomic E-state index is -0.0108. The highest BCUT2D eigenvalue weighted by Crippen LogP contribution is 2.18. The third kappa shape index (κ3) is 3.72. The van der Waals surface area contributed by atoms with Crippen LogP contribution >= 0.6 is 0 Å². The van der Waals surface area contributed by atoms with Crippen LogP contribution < -0.4 is 4.74 Å². The summed E-state index contributed by atoms with van der Waals surface area (Å²) in [7, 11) is 0. The highest BCUT2D eigenvalue weighted by Gasteiger charge is 2.27. The van der Waals surface area contributed by atoms with Crippen molar-refractivity contribution >= 4 is 5.91 Å². The van der Waals surface area contributed by atoms with Crippen LogP contribution in [0.5, 0.6) is 5.88 Å². The lowest BCUT2D eigenvalue weighted by molar-refractivity contribution is -0.130. The van der Waals surface area contributed by atoms with E-state index in [1.54, 1.807) is 0 Å². The van der Waals surface area contributed by atoms with E-state index >= 15 is 0 Å². The molecule has 7 heteroatoms. The number of aromatic nitrogens is 4. The number of aryl methyl sites for hydroxylation is 3. The number of amides is 1. The number of H-pyrrole nitrogens is 1. The Bertz CT molecular complexity index is 691. The summed E-state index contributed by atoms with van der Waals surface area (Å²) in [5, 5.41) is 15.1. The topological polar surface area (TPSA) is 84.0 Å². The monoisotopic (exact) mass is 329 g/mol. The Morgan fingerprint density at radius 1 is 1.33 bits per heavy atom. The van der Waals surface area contributed by atoms with Crippen LogP contribution in [0.3, 0.4) is 0 Å². The zero-order valence-corrected chi connectivity index (χ0v) is 14.4. The average Bonchev–Trinajstić information content (AvgIpc) is 3.15. The second kappa shape index (κ2) is 6.98. The largest absolute Gasteiger partial charge is 0.471 e. The smallest absolute Gasteiger partial charge is 0.233 e. The van der Waals surface area contributed by atoms with Crippen molar-refractivity contribution in [1.29, 1.82) is 0 Å². The first-order chi connectivity index (χ1) is 11.5. The number of nitrogens with one attached hydrogen (secondary N) is 1. The number of carbonyl (C=O) groups is 1. The van der Waals surface area contributed by atoms with Gasteiger partial charge in [0.2, 0.25) is 11.8 Å². The van der Waals surface area contributed by atoms with Crippen molar-refractivity contribution in [2.75, 3.05) is 13.1 Å². The summed E-state index contributed by atoms with van der Waals surface area (Å²) in [4.78, 5) is 14.3. The Balaban J connectivity index is 1.49. The zero-order valence-electron chi connectivity index (χ0n) is 14.4.